The van der Waals surface area contributed by atoms with Crippen LogP contribution in [0.15, 0.2) is 24.3 Å². The number of para-hydroxylation sites is 1. The lowest BCUT2D eigenvalue weighted by atomic mass is 10.1. The Hall–Kier alpha value is -1.58. The van der Waals surface area contributed by atoms with Crippen LogP contribution in [0.4, 0.5) is 0 Å². The number of rotatable bonds is 3. The summed E-state index contributed by atoms with van der Waals surface area (Å²) in [5.41, 5.74) is 0.921. The first-order valence-corrected chi connectivity index (χ1v) is 8.27. The van der Waals surface area contributed by atoms with Crippen LogP contribution >= 0.6 is 23.1 Å². The van der Waals surface area contributed by atoms with E-state index in [0.717, 1.165) is 15.2 Å². The van der Waals surface area contributed by atoms with Gasteiger partial charge < -0.3 is 4.90 Å². The van der Waals surface area contributed by atoms with Crippen molar-refractivity contribution in [3.05, 3.63) is 29.3 Å². The molecule has 0 N–H and O–H groups in total. The molecule has 6 heteroatoms. The van der Waals surface area contributed by atoms with Crippen molar-refractivity contribution in [2.75, 3.05) is 12.3 Å². The molecule has 0 bridgehead atoms. The van der Waals surface area contributed by atoms with Crippen LogP contribution in [-0.2, 0) is 4.79 Å². The summed E-state index contributed by atoms with van der Waals surface area (Å²) in [6.07, 6.45) is 0. The fourth-order valence-corrected chi connectivity index (χ4v) is 4.80. The van der Waals surface area contributed by atoms with E-state index in [1.807, 2.05) is 31.2 Å². The van der Waals surface area contributed by atoms with Crippen LogP contribution in [0.2, 0.25) is 0 Å². The van der Waals surface area contributed by atoms with E-state index in [-0.39, 0.29) is 17.2 Å². The Morgan fingerprint density at radius 2 is 2.35 bits per heavy atom. The maximum Gasteiger partial charge on any atom is 0.233 e. The molecule has 3 rings (SSSR count). The minimum Gasteiger partial charge on any atom is -0.328 e. The number of thioether (sulfide) groups is 1. The summed E-state index contributed by atoms with van der Waals surface area (Å²) < 4.78 is 1.08. The van der Waals surface area contributed by atoms with Crippen LogP contribution in [0.25, 0.3) is 10.2 Å². The van der Waals surface area contributed by atoms with E-state index in [0.29, 0.717) is 12.3 Å². The molecule has 0 saturated carbocycles. The molecule has 1 saturated heterocycles. The predicted octanol–water partition coefficient (Wildman–Crippen LogP) is 2.82. The quantitative estimate of drug-likeness (QED) is 0.875. The number of aromatic nitrogens is 1. The molecule has 2 unspecified atom stereocenters. The first-order chi connectivity index (χ1) is 9.74. The zero-order chi connectivity index (χ0) is 14.1. The number of hydrogen-bond acceptors (Lipinski definition) is 5. The van der Waals surface area contributed by atoms with Crippen LogP contribution in [0.1, 0.15) is 17.8 Å². The summed E-state index contributed by atoms with van der Waals surface area (Å²) in [6, 6.07) is 10.2. The average Bonchev–Trinajstić information content (AvgIpc) is 3.03. The number of likely N-dealkylation sites (N-methyl/N-ethyl adjacent to an activating group) is 1. The third kappa shape index (κ3) is 2.17. The molecule has 102 valence electrons. The summed E-state index contributed by atoms with van der Waals surface area (Å²) in [5, 5.41) is 10.2. The lowest BCUT2D eigenvalue weighted by Crippen LogP contribution is -2.35. The Kier molecular flexibility index (Phi) is 3.64. The molecule has 4 nitrogen and oxygen atoms in total. The Labute approximate surface area is 125 Å². The molecule has 1 fully saturated rings. The highest BCUT2D eigenvalue weighted by atomic mass is 32.2. The number of hydrogen-bond donors (Lipinski definition) is 0. The minimum absolute atomic E-state index is 0.113. The zero-order valence-corrected chi connectivity index (χ0v) is 12.6. The molecular formula is C14H13N3OS2. The van der Waals surface area contributed by atoms with Crippen LogP contribution in [0.3, 0.4) is 0 Å². The van der Waals surface area contributed by atoms with E-state index < -0.39 is 0 Å². The van der Waals surface area contributed by atoms with Gasteiger partial charge in [0.15, 0.2) is 0 Å². The fraction of sp³-hybridized carbons (Fsp3) is 0.357. The number of carbonyl (C=O) groups excluding carboxylic acids is 1. The maximum atomic E-state index is 11.8. The smallest absolute Gasteiger partial charge is 0.233 e. The normalized spacial score (nSPS) is 20.3. The molecule has 2 heterocycles. The monoisotopic (exact) mass is 303 g/mol. The van der Waals surface area contributed by atoms with Crippen molar-refractivity contribution >= 4 is 39.2 Å². The average molecular weight is 303 g/mol. The first-order valence-electron chi connectivity index (χ1n) is 6.40. The number of fused-ring (bicyclic) bond motifs is 1. The Bertz CT molecular complexity index is 658. The van der Waals surface area contributed by atoms with Crippen molar-refractivity contribution in [1.82, 2.24) is 9.88 Å². The second-order valence-electron chi connectivity index (χ2n) is 4.51. The third-order valence-electron chi connectivity index (χ3n) is 3.35. The molecule has 1 aliphatic rings. The highest BCUT2D eigenvalue weighted by Gasteiger charge is 2.38. The fourth-order valence-electron chi connectivity index (χ4n) is 2.37. The van der Waals surface area contributed by atoms with Crippen molar-refractivity contribution in [2.24, 2.45) is 0 Å². The topological polar surface area (TPSA) is 57.0 Å². The van der Waals surface area contributed by atoms with E-state index in [4.69, 9.17) is 0 Å². The van der Waals surface area contributed by atoms with E-state index >= 15 is 0 Å². The van der Waals surface area contributed by atoms with E-state index in [1.165, 1.54) is 0 Å². The predicted molar refractivity (Wildman–Crippen MR) is 81.6 cm³/mol. The van der Waals surface area contributed by atoms with Crippen molar-refractivity contribution in [3.8, 4) is 6.07 Å². The number of amides is 1. The molecule has 1 amide bonds. The van der Waals surface area contributed by atoms with Gasteiger partial charge in [-0.25, -0.2) is 4.98 Å². The summed E-state index contributed by atoms with van der Waals surface area (Å²) in [7, 11) is 0. The van der Waals surface area contributed by atoms with Gasteiger partial charge in [-0.05, 0) is 19.1 Å². The maximum absolute atomic E-state index is 11.8. The molecule has 0 radical (unpaired) electrons. The largest absolute Gasteiger partial charge is 0.328 e. The van der Waals surface area contributed by atoms with Crippen molar-refractivity contribution in [3.63, 3.8) is 0 Å². The number of nitriles is 1. The van der Waals surface area contributed by atoms with Crippen LogP contribution in [0, 0.1) is 11.3 Å². The van der Waals surface area contributed by atoms with Crippen molar-refractivity contribution in [1.29, 1.82) is 5.26 Å². The Morgan fingerprint density at radius 1 is 1.55 bits per heavy atom. The molecule has 1 aromatic heterocycles. The number of benzene rings is 1. The number of carbonyl (C=O) groups is 1. The number of nitrogens with zero attached hydrogens (tertiary/aromatic N) is 3. The highest BCUT2D eigenvalue weighted by molar-refractivity contribution is 8.01. The van der Waals surface area contributed by atoms with Crippen LogP contribution in [-0.4, -0.2) is 33.5 Å². The SMILES string of the molecule is CCN1C(=O)CSC1C(C#N)c1nc2ccccc2s1. The minimum atomic E-state index is -0.358. The van der Waals surface area contributed by atoms with Gasteiger partial charge in [0, 0.05) is 6.54 Å². The molecule has 1 aromatic carbocycles. The van der Waals surface area contributed by atoms with Gasteiger partial charge in [-0.3, -0.25) is 4.79 Å². The summed E-state index contributed by atoms with van der Waals surface area (Å²) in [5.74, 6) is 0.217. The van der Waals surface area contributed by atoms with Gasteiger partial charge in [0.2, 0.25) is 5.91 Å². The highest BCUT2D eigenvalue weighted by Crippen LogP contribution is 2.38. The second kappa shape index (κ2) is 5.43. The summed E-state index contributed by atoms with van der Waals surface area (Å²) in [4.78, 5) is 18.2. The van der Waals surface area contributed by atoms with Gasteiger partial charge in [0.1, 0.15) is 16.3 Å². The van der Waals surface area contributed by atoms with Crippen molar-refractivity contribution in [2.45, 2.75) is 18.2 Å². The summed E-state index contributed by atoms with van der Waals surface area (Å²) in [6.45, 7) is 2.59. The van der Waals surface area contributed by atoms with E-state index in [1.54, 1.807) is 28.0 Å². The molecule has 2 atom stereocenters. The summed E-state index contributed by atoms with van der Waals surface area (Å²) >= 11 is 3.09. The standard InChI is InChI=1S/C14H13N3OS2/c1-2-17-12(18)8-19-14(17)9(7-15)13-16-10-5-3-4-6-11(10)20-13/h3-6,9,14H,2,8H2,1H3. The Morgan fingerprint density at radius 3 is 3.05 bits per heavy atom. The molecule has 20 heavy (non-hydrogen) atoms. The van der Waals surface area contributed by atoms with Crippen LogP contribution in [0.5, 0.6) is 0 Å². The Balaban J connectivity index is 1.97. The van der Waals surface area contributed by atoms with E-state index in [2.05, 4.69) is 11.1 Å². The molecule has 0 aliphatic carbocycles. The van der Waals surface area contributed by atoms with Gasteiger partial charge >= 0.3 is 0 Å². The molecule has 1 aliphatic heterocycles. The lowest BCUT2D eigenvalue weighted by Gasteiger charge is -2.24. The lowest BCUT2D eigenvalue weighted by molar-refractivity contribution is -0.127. The van der Waals surface area contributed by atoms with Gasteiger partial charge in [-0.15, -0.1) is 23.1 Å². The number of thiazole rings is 1. The van der Waals surface area contributed by atoms with Gasteiger partial charge in [0.05, 0.1) is 22.0 Å². The van der Waals surface area contributed by atoms with Gasteiger partial charge in [-0.2, -0.15) is 5.26 Å². The zero-order valence-electron chi connectivity index (χ0n) is 10.9. The first kappa shape index (κ1) is 13.4. The molecular weight excluding hydrogens is 290 g/mol. The van der Waals surface area contributed by atoms with Crippen molar-refractivity contribution < 1.29 is 4.79 Å². The third-order valence-corrected chi connectivity index (χ3v) is 5.75. The second-order valence-corrected chi connectivity index (χ2v) is 6.68. The van der Waals surface area contributed by atoms with Gasteiger partial charge in [0.25, 0.3) is 0 Å². The van der Waals surface area contributed by atoms with Gasteiger partial charge in [-0.1, -0.05) is 12.1 Å². The van der Waals surface area contributed by atoms with E-state index in [9.17, 15) is 10.1 Å². The molecule has 0 spiro atoms. The van der Waals surface area contributed by atoms with Crippen LogP contribution < -0.4 is 0 Å². The molecule has 2 aromatic rings.